The van der Waals surface area contributed by atoms with Gasteiger partial charge in [-0.25, -0.2) is 9.97 Å². The molecule has 0 aliphatic rings. The molecule has 0 N–H and O–H groups in total. The molecule has 0 saturated carbocycles. The topological polar surface area (TPSA) is 38.9 Å². The standard InChI is InChI=1S/C56H36N2O/c1-4-17-38(18-5-1)43-33-34-48(54-49-28-14-15-30-53(49)59-55(43)54)45-26-12-13-27-47(45)52-36-51(57-56(58-52)40-22-8-3-9-23-40)41-31-32-46(50(35-41)39-19-6-2-7-20-39)44-29-16-24-37-21-10-11-25-42(37)44/h1-36H/i14D,34D. The summed E-state index contributed by atoms with van der Waals surface area (Å²) in [6.45, 7) is 0. The molecule has 0 atom stereocenters. The second-order valence-corrected chi connectivity index (χ2v) is 14.7. The summed E-state index contributed by atoms with van der Waals surface area (Å²) in [5, 5.41) is 4.00. The van der Waals surface area contributed by atoms with E-state index in [1.165, 1.54) is 16.3 Å². The maximum atomic E-state index is 9.69. The molecule has 11 rings (SSSR count). The Morgan fingerprint density at radius 2 is 1.00 bits per heavy atom. The van der Waals surface area contributed by atoms with Gasteiger partial charge in [0.2, 0.25) is 0 Å². The van der Waals surface area contributed by atoms with E-state index in [4.69, 9.17) is 15.8 Å². The molecule has 0 aliphatic heterocycles. The monoisotopic (exact) mass is 754 g/mol. The Balaban J connectivity index is 1.15. The van der Waals surface area contributed by atoms with Crippen LogP contribution in [0.1, 0.15) is 2.74 Å². The van der Waals surface area contributed by atoms with Gasteiger partial charge in [-0.15, -0.1) is 0 Å². The first kappa shape index (κ1) is 32.2. The molecule has 2 heterocycles. The van der Waals surface area contributed by atoms with Gasteiger partial charge in [-0.2, -0.15) is 0 Å². The van der Waals surface area contributed by atoms with Crippen molar-refractivity contribution in [2.75, 3.05) is 0 Å². The van der Waals surface area contributed by atoms with Gasteiger partial charge in [0.1, 0.15) is 11.2 Å². The minimum Gasteiger partial charge on any atom is -0.455 e. The zero-order valence-corrected chi connectivity index (χ0v) is 31.9. The fourth-order valence-corrected chi connectivity index (χ4v) is 8.38. The molecule has 0 aliphatic carbocycles. The fourth-order valence-electron chi connectivity index (χ4n) is 8.38. The van der Waals surface area contributed by atoms with Crippen LogP contribution in [0.5, 0.6) is 0 Å². The van der Waals surface area contributed by atoms with Crippen LogP contribution in [-0.2, 0) is 0 Å². The summed E-state index contributed by atoms with van der Waals surface area (Å²) >= 11 is 0. The summed E-state index contributed by atoms with van der Waals surface area (Å²) in [4.78, 5) is 10.5. The van der Waals surface area contributed by atoms with Gasteiger partial charge in [-0.05, 0) is 74.0 Å². The summed E-state index contributed by atoms with van der Waals surface area (Å²) in [5.74, 6) is 0.602. The van der Waals surface area contributed by atoms with E-state index in [-0.39, 0.29) is 0 Å². The zero-order chi connectivity index (χ0) is 40.9. The highest BCUT2D eigenvalue weighted by Gasteiger charge is 2.21. The van der Waals surface area contributed by atoms with Crippen LogP contribution in [0.15, 0.2) is 223 Å². The Morgan fingerprint density at radius 3 is 1.80 bits per heavy atom. The smallest absolute Gasteiger partial charge is 0.160 e. The molecule has 9 aromatic carbocycles. The summed E-state index contributed by atoms with van der Waals surface area (Å²) in [5.41, 5.74) is 13.5. The fraction of sp³-hybridized carbons (Fsp3) is 0. The van der Waals surface area contributed by atoms with Gasteiger partial charge in [-0.1, -0.05) is 194 Å². The number of furan rings is 1. The highest BCUT2D eigenvalue weighted by atomic mass is 16.3. The van der Waals surface area contributed by atoms with E-state index in [1.54, 1.807) is 6.07 Å². The summed E-state index contributed by atoms with van der Waals surface area (Å²) in [7, 11) is 0. The number of rotatable bonds is 7. The molecule has 276 valence electrons. The maximum Gasteiger partial charge on any atom is 0.160 e. The van der Waals surface area contributed by atoms with Crippen molar-refractivity contribution in [2.24, 2.45) is 0 Å². The van der Waals surface area contributed by atoms with Crippen LogP contribution in [-0.4, -0.2) is 9.97 Å². The van der Waals surface area contributed by atoms with Gasteiger partial charge >= 0.3 is 0 Å². The molecule has 0 fully saturated rings. The van der Waals surface area contributed by atoms with Crippen LogP contribution in [0.3, 0.4) is 0 Å². The van der Waals surface area contributed by atoms with E-state index in [0.29, 0.717) is 29.1 Å². The Morgan fingerprint density at radius 1 is 0.373 bits per heavy atom. The molecule has 59 heavy (non-hydrogen) atoms. The van der Waals surface area contributed by atoms with Crippen LogP contribution < -0.4 is 0 Å². The van der Waals surface area contributed by atoms with Crippen LogP contribution in [0.4, 0.5) is 0 Å². The van der Waals surface area contributed by atoms with E-state index >= 15 is 0 Å². The highest BCUT2D eigenvalue weighted by Crippen LogP contribution is 2.45. The van der Waals surface area contributed by atoms with Crippen molar-refractivity contribution in [1.29, 1.82) is 0 Å². The van der Waals surface area contributed by atoms with Gasteiger partial charge in [0.05, 0.1) is 14.1 Å². The molecule has 0 saturated heterocycles. The number of nitrogens with zero attached hydrogens (tertiary/aromatic N) is 2. The van der Waals surface area contributed by atoms with Crippen molar-refractivity contribution in [3.05, 3.63) is 218 Å². The average molecular weight is 755 g/mol. The SMILES string of the molecule is [2H]c1ccc2oc3c(-c4ccccc4)cc([2H])c(-c4ccccc4-c4cc(-c5ccc(-c6cccc7ccccc67)c(-c6ccccc6)c5)nc(-c5ccccc5)n4)c3c2c1. The van der Waals surface area contributed by atoms with E-state index in [1.807, 2.05) is 91.0 Å². The largest absolute Gasteiger partial charge is 0.455 e. The molecule has 0 amide bonds. The quantitative estimate of drug-likeness (QED) is 0.163. The number of hydrogen-bond acceptors (Lipinski definition) is 3. The van der Waals surface area contributed by atoms with Crippen LogP contribution in [0, 0.1) is 0 Å². The number of hydrogen-bond donors (Lipinski definition) is 0. The zero-order valence-electron chi connectivity index (χ0n) is 33.9. The van der Waals surface area contributed by atoms with Crippen molar-refractivity contribution in [2.45, 2.75) is 0 Å². The lowest BCUT2D eigenvalue weighted by molar-refractivity contribution is 0.670. The second kappa shape index (κ2) is 14.6. The Kier molecular flexibility index (Phi) is 7.96. The van der Waals surface area contributed by atoms with E-state index in [9.17, 15) is 1.37 Å². The minimum atomic E-state index is 0.353. The van der Waals surface area contributed by atoms with Gasteiger partial charge in [0.25, 0.3) is 0 Å². The molecular weight excluding hydrogens is 717 g/mol. The van der Waals surface area contributed by atoms with Gasteiger partial charge in [0, 0.05) is 33.0 Å². The Labute approximate surface area is 345 Å². The molecule has 3 heteroatoms. The van der Waals surface area contributed by atoms with Crippen molar-refractivity contribution in [3.8, 4) is 78.4 Å². The lowest BCUT2D eigenvalue weighted by Gasteiger charge is -2.16. The Hall–Kier alpha value is -7.88. The van der Waals surface area contributed by atoms with Gasteiger partial charge < -0.3 is 4.42 Å². The normalized spacial score (nSPS) is 11.9. The number of aromatic nitrogens is 2. The first-order valence-corrected chi connectivity index (χ1v) is 19.8. The third-order valence-corrected chi connectivity index (χ3v) is 11.2. The molecular formula is C56H36N2O. The average Bonchev–Trinajstić information content (AvgIpc) is 3.70. The maximum absolute atomic E-state index is 9.69. The molecule has 0 unspecified atom stereocenters. The van der Waals surface area contributed by atoms with Crippen LogP contribution in [0.25, 0.3) is 111 Å². The van der Waals surface area contributed by atoms with E-state index < -0.39 is 0 Å². The minimum absolute atomic E-state index is 0.353. The molecule has 0 spiro atoms. The van der Waals surface area contributed by atoms with Crippen LogP contribution in [0.2, 0.25) is 0 Å². The highest BCUT2D eigenvalue weighted by molar-refractivity contribution is 6.17. The number of para-hydroxylation sites is 1. The molecule has 3 nitrogen and oxygen atoms in total. The van der Waals surface area contributed by atoms with Crippen LogP contribution >= 0.6 is 0 Å². The van der Waals surface area contributed by atoms with E-state index in [0.717, 1.165) is 77.8 Å². The predicted molar refractivity (Wildman–Crippen MR) is 245 cm³/mol. The molecule has 2 aromatic heterocycles. The third-order valence-electron chi connectivity index (χ3n) is 11.2. The second-order valence-electron chi connectivity index (χ2n) is 14.7. The third kappa shape index (κ3) is 6.17. The van der Waals surface area contributed by atoms with Gasteiger partial charge in [-0.3, -0.25) is 0 Å². The summed E-state index contributed by atoms with van der Waals surface area (Å²) in [6.07, 6.45) is 0. The van der Waals surface area contributed by atoms with E-state index in [2.05, 4.69) is 109 Å². The number of benzene rings is 9. The lowest BCUT2D eigenvalue weighted by atomic mass is 9.89. The summed E-state index contributed by atoms with van der Waals surface area (Å²) in [6, 6.07) is 70.6. The lowest BCUT2D eigenvalue weighted by Crippen LogP contribution is -1.98. The molecule has 0 radical (unpaired) electrons. The summed E-state index contributed by atoms with van der Waals surface area (Å²) < 4.78 is 24.9. The number of fused-ring (bicyclic) bond motifs is 4. The molecule has 11 aromatic rings. The first-order chi connectivity index (χ1) is 30.1. The predicted octanol–water partition coefficient (Wildman–Crippen LogP) is 15.2. The van der Waals surface area contributed by atoms with Crippen molar-refractivity contribution in [3.63, 3.8) is 0 Å². The first-order valence-electron chi connectivity index (χ1n) is 20.8. The van der Waals surface area contributed by atoms with Gasteiger partial charge in [0.15, 0.2) is 5.82 Å². The van der Waals surface area contributed by atoms with Crippen molar-refractivity contribution < 1.29 is 7.16 Å². The molecule has 0 bridgehead atoms. The van der Waals surface area contributed by atoms with Crippen molar-refractivity contribution >= 4 is 32.7 Å². The van der Waals surface area contributed by atoms with Crippen molar-refractivity contribution in [1.82, 2.24) is 9.97 Å². The Bertz CT molecular complexity index is 3430.